The predicted molar refractivity (Wildman–Crippen MR) is 109 cm³/mol. The molecule has 1 heterocycles. The topological polar surface area (TPSA) is 107 Å². The molecule has 0 aromatic carbocycles. The van der Waals surface area contributed by atoms with Crippen LogP contribution in [0.1, 0.15) is 96.8 Å². The van der Waals surface area contributed by atoms with E-state index in [-0.39, 0.29) is 6.61 Å². The van der Waals surface area contributed by atoms with E-state index in [1.165, 1.54) is 70.6 Å². The lowest BCUT2D eigenvalue weighted by molar-refractivity contribution is -0.163. The lowest BCUT2D eigenvalue weighted by Crippen LogP contribution is -2.16. The molecule has 0 bridgehead atoms. The SMILES string of the molecule is CCCCCCCCCCCCCCCCOC(=O)C(=O)O.O=C1C=CC(=O)O1. The molecule has 7 heteroatoms. The number of ether oxygens (including phenoxy) is 2. The molecule has 0 saturated carbocycles. The summed E-state index contributed by atoms with van der Waals surface area (Å²) in [6.45, 7) is 2.48. The quantitative estimate of drug-likeness (QED) is 0.179. The molecule has 0 radical (unpaired) electrons. The van der Waals surface area contributed by atoms with Crippen LogP contribution in [-0.2, 0) is 28.7 Å². The Bertz CT molecular complexity index is 495. The average molecular weight is 413 g/mol. The summed E-state index contributed by atoms with van der Waals surface area (Å²) >= 11 is 0. The van der Waals surface area contributed by atoms with E-state index < -0.39 is 23.9 Å². The lowest BCUT2D eigenvalue weighted by Gasteiger charge is -2.03. The Labute approximate surface area is 173 Å². The van der Waals surface area contributed by atoms with Crippen molar-refractivity contribution >= 4 is 23.9 Å². The third kappa shape index (κ3) is 18.9. The number of aliphatic carboxylic acids is 1. The molecule has 0 fully saturated rings. The third-order valence-corrected chi connectivity index (χ3v) is 4.46. The molecule has 7 nitrogen and oxygen atoms in total. The first-order chi connectivity index (χ1) is 14.0. The fourth-order valence-electron chi connectivity index (χ4n) is 2.83. The number of carboxylic acid groups (broad SMARTS) is 1. The maximum Gasteiger partial charge on any atom is 0.417 e. The summed E-state index contributed by atoms with van der Waals surface area (Å²) < 4.78 is 8.54. The summed E-state index contributed by atoms with van der Waals surface area (Å²) in [5, 5.41) is 8.32. The minimum Gasteiger partial charge on any atom is -0.473 e. The van der Waals surface area contributed by atoms with E-state index in [0.29, 0.717) is 0 Å². The van der Waals surface area contributed by atoms with Gasteiger partial charge in [0.05, 0.1) is 6.61 Å². The van der Waals surface area contributed by atoms with Gasteiger partial charge in [-0.3, -0.25) is 0 Å². The summed E-state index contributed by atoms with van der Waals surface area (Å²) in [6, 6.07) is 0. The highest BCUT2D eigenvalue weighted by molar-refractivity contribution is 6.28. The van der Waals surface area contributed by atoms with Crippen molar-refractivity contribution < 1.29 is 33.8 Å². The van der Waals surface area contributed by atoms with Crippen LogP contribution in [-0.4, -0.2) is 35.6 Å². The minimum atomic E-state index is -1.51. The zero-order chi connectivity index (χ0) is 21.7. The van der Waals surface area contributed by atoms with Crippen molar-refractivity contribution in [1.82, 2.24) is 0 Å². The van der Waals surface area contributed by atoms with Crippen LogP contribution in [0.25, 0.3) is 0 Å². The molecule has 1 rings (SSSR count). The van der Waals surface area contributed by atoms with Gasteiger partial charge < -0.3 is 14.6 Å². The molecule has 0 atom stereocenters. The molecule has 1 aliphatic heterocycles. The molecule has 0 unspecified atom stereocenters. The van der Waals surface area contributed by atoms with E-state index in [4.69, 9.17) is 5.11 Å². The molecule has 29 heavy (non-hydrogen) atoms. The van der Waals surface area contributed by atoms with Gasteiger partial charge in [-0.25, -0.2) is 19.2 Å². The summed E-state index contributed by atoms with van der Waals surface area (Å²) in [7, 11) is 0. The smallest absolute Gasteiger partial charge is 0.417 e. The van der Waals surface area contributed by atoms with Crippen molar-refractivity contribution in [2.45, 2.75) is 96.8 Å². The zero-order valence-electron chi connectivity index (χ0n) is 17.7. The summed E-state index contributed by atoms with van der Waals surface area (Å²) in [5.74, 6) is -3.81. The average Bonchev–Trinajstić information content (AvgIpc) is 3.07. The van der Waals surface area contributed by atoms with E-state index in [9.17, 15) is 19.2 Å². The first-order valence-corrected chi connectivity index (χ1v) is 10.8. The van der Waals surface area contributed by atoms with E-state index in [2.05, 4.69) is 16.4 Å². The van der Waals surface area contributed by atoms with Crippen molar-refractivity contribution in [3.8, 4) is 0 Å². The largest absolute Gasteiger partial charge is 0.473 e. The number of rotatable bonds is 15. The Morgan fingerprint density at radius 2 is 1.14 bits per heavy atom. The van der Waals surface area contributed by atoms with Crippen LogP contribution in [0.4, 0.5) is 0 Å². The van der Waals surface area contributed by atoms with Crippen molar-refractivity contribution in [1.29, 1.82) is 0 Å². The van der Waals surface area contributed by atoms with Crippen molar-refractivity contribution in [2.75, 3.05) is 6.61 Å². The number of hydrogen-bond donors (Lipinski definition) is 1. The Balaban J connectivity index is 0.000000929. The van der Waals surface area contributed by atoms with Gasteiger partial charge in [0, 0.05) is 12.2 Å². The van der Waals surface area contributed by atoms with Crippen LogP contribution in [0.3, 0.4) is 0 Å². The maximum absolute atomic E-state index is 10.7. The monoisotopic (exact) mass is 412 g/mol. The number of cyclic esters (lactones) is 2. The number of unbranched alkanes of at least 4 members (excludes halogenated alkanes) is 13. The van der Waals surface area contributed by atoms with Crippen molar-refractivity contribution in [2.24, 2.45) is 0 Å². The van der Waals surface area contributed by atoms with Crippen molar-refractivity contribution in [3.63, 3.8) is 0 Å². The van der Waals surface area contributed by atoms with E-state index in [1.54, 1.807) is 0 Å². The zero-order valence-corrected chi connectivity index (χ0v) is 17.7. The minimum absolute atomic E-state index is 0.225. The molecule has 0 spiro atoms. The molecule has 1 N–H and O–H groups in total. The Kier molecular flexibility index (Phi) is 17.7. The van der Waals surface area contributed by atoms with Gasteiger partial charge in [-0.1, -0.05) is 90.4 Å². The first kappa shape index (κ1) is 26.8. The highest BCUT2D eigenvalue weighted by Crippen LogP contribution is 2.12. The highest BCUT2D eigenvalue weighted by Gasteiger charge is 2.11. The normalized spacial score (nSPS) is 12.3. The van der Waals surface area contributed by atoms with Gasteiger partial charge >= 0.3 is 23.9 Å². The van der Waals surface area contributed by atoms with E-state index >= 15 is 0 Å². The Hall–Kier alpha value is -2.18. The fourth-order valence-corrected chi connectivity index (χ4v) is 2.83. The van der Waals surface area contributed by atoms with Gasteiger partial charge in [0.25, 0.3) is 0 Å². The second-order valence-electron chi connectivity index (χ2n) is 7.11. The van der Waals surface area contributed by atoms with Gasteiger partial charge in [-0.15, -0.1) is 0 Å². The number of carbonyl (C=O) groups excluding carboxylic acids is 3. The predicted octanol–water partition coefficient (Wildman–Crippen LogP) is 4.72. The second-order valence-corrected chi connectivity index (χ2v) is 7.11. The molecule has 1 aliphatic rings. The van der Waals surface area contributed by atoms with Crippen LogP contribution in [0, 0.1) is 0 Å². The van der Waals surface area contributed by atoms with Gasteiger partial charge in [-0.2, -0.15) is 0 Å². The van der Waals surface area contributed by atoms with E-state index in [0.717, 1.165) is 31.4 Å². The van der Waals surface area contributed by atoms with Crippen LogP contribution >= 0.6 is 0 Å². The molecule has 0 aliphatic carbocycles. The van der Waals surface area contributed by atoms with Crippen LogP contribution in [0.15, 0.2) is 12.2 Å². The first-order valence-electron chi connectivity index (χ1n) is 10.8. The number of carboxylic acids is 1. The molecule has 0 aromatic heterocycles. The summed E-state index contributed by atoms with van der Waals surface area (Å²) in [4.78, 5) is 40.7. The molecule has 166 valence electrons. The lowest BCUT2D eigenvalue weighted by atomic mass is 10.0. The number of hydrogen-bond acceptors (Lipinski definition) is 6. The van der Waals surface area contributed by atoms with Crippen molar-refractivity contribution in [3.05, 3.63) is 12.2 Å². The van der Waals surface area contributed by atoms with Gasteiger partial charge in [0.15, 0.2) is 0 Å². The fraction of sp³-hybridized carbons (Fsp3) is 0.727. The van der Waals surface area contributed by atoms with Gasteiger partial charge in [0.2, 0.25) is 0 Å². The third-order valence-electron chi connectivity index (χ3n) is 4.46. The van der Waals surface area contributed by atoms with Crippen LogP contribution < -0.4 is 0 Å². The molecular weight excluding hydrogens is 376 g/mol. The summed E-state index contributed by atoms with van der Waals surface area (Å²) in [5.41, 5.74) is 0. The summed E-state index contributed by atoms with van der Waals surface area (Å²) in [6.07, 6.45) is 19.9. The maximum atomic E-state index is 10.7. The standard InChI is InChI=1S/C18H34O4.C4H2O3/c1-2-3-4-5-6-7-8-9-10-11-12-13-14-15-16-22-18(21)17(19)20;5-3-1-2-4(6)7-3/h2-16H2,1H3,(H,19,20);1-2H. The Morgan fingerprint density at radius 1 is 0.759 bits per heavy atom. The molecule has 0 amide bonds. The van der Waals surface area contributed by atoms with Crippen LogP contribution in [0.2, 0.25) is 0 Å². The Morgan fingerprint density at radius 3 is 1.45 bits per heavy atom. The van der Waals surface area contributed by atoms with Crippen LogP contribution in [0.5, 0.6) is 0 Å². The van der Waals surface area contributed by atoms with Gasteiger partial charge in [0.1, 0.15) is 0 Å². The highest BCUT2D eigenvalue weighted by atomic mass is 16.6. The second kappa shape index (κ2) is 19.2. The molecular formula is C22H36O7. The molecule has 0 aromatic rings. The number of carbonyl (C=O) groups is 4. The molecule has 0 saturated heterocycles. The number of esters is 3. The van der Waals surface area contributed by atoms with E-state index in [1.807, 2.05) is 0 Å². The van der Waals surface area contributed by atoms with Gasteiger partial charge in [-0.05, 0) is 6.42 Å².